The van der Waals surface area contributed by atoms with Crippen molar-refractivity contribution in [3.63, 3.8) is 0 Å². The lowest BCUT2D eigenvalue weighted by atomic mass is 9.82. The van der Waals surface area contributed by atoms with Crippen molar-refractivity contribution in [1.29, 1.82) is 0 Å². The molecule has 0 unspecified atom stereocenters. The Morgan fingerprint density at radius 1 is 1.19 bits per heavy atom. The average Bonchev–Trinajstić information content (AvgIpc) is 2.99. The number of nitrogens with zero attached hydrogens (tertiary/aromatic N) is 2. The molecule has 0 fully saturated rings. The zero-order chi connectivity index (χ0) is 19.4. The molecule has 2 N–H and O–H groups in total. The van der Waals surface area contributed by atoms with Crippen LogP contribution in [-0.4, -0.2) is 39.5 Å². The van der Waals surface area contributed by atoms with E-state index in [1.54, 1.807) is 7.11 Å². The molecule has 0 aliphatic carbocycles. The zero-order valence-electron chi connectivity index (χ0n) is 16.3. The van der Waals surface area contributed by atoms with Crippen LogP contribution in [0, 0.1) is 5.41 Å². The summed E-state index contributed by atoms with van der Waals surface area (Å²) in [7, 11) is 1.63. The predicted molar refractivity (Wildman–Crippen MR) is 105 cm³/mol. The number of nitrogens with one attached hydrogen (secondary N) is 2. The molecule has 1 amide bonds. The minimum Gasteiger partial charge on any atom is -0.497 e. The maximum atomic E-state index is 12.3. The number of hydrogen-bond acceptors (Lipinski definition) is 5. The topological polar surface area (TPSA) is 79.9 Å². The van der Waals surface area contributed by atoms with E-state index in [1.165, 1.54) is 11.8 Å². The van der Waals surface area contributed by atoms with E-state index in [2.05, 4.69) is 55.1 Å². The Labute approximate surface area is 159 Å². The monoisotopic (exact) mass is 376 g/mol. The van der Waals surface area contributed by atoms with Crippen molar-refractivity contribution in [2.24, 2.45) is 5.41 Å². The van der Waals surface area contributed by atoms with Crippen LogP contribution in [0.2, 0.25) is 0 Å². The molecule has 0 radical (unpaired) electrons. The SMILES string of the molecule is COc1ccc(-c2nc(SCC(=O)NC(C)(C)CC(C)(C)C)n[nH]2)cc1. The summed E-state index contributed by atoms with van der Waals surface area (Å²) in [6.07, 6.45) is 0.901. The molecule has 2 aromatic rings. The Hall–Kier alpha value is -2.02. The number of hydrogen-bond donors (Lipinski definition) is 2. The molecule has 26 heavy (non-hydrogen) atoms. The van der Waals surface area contributed by atoms with Crippen LogP contribution < -0.4 is 10.1 Å². The van der Waals surface area contributed by atoms with Crippen molar-refractivity contribution in [1.82, 2.24) is 20.5 Å². The summed E-state index contributed by atoms with van der Waals surface area (Å²) in [4.78, 5) is 16.7. The molecule has 2 rings (SSSR count). The highest BCUT2D eigenvalue weighted by Gasteiger charge is 2.27. The minimum absolute atomic E-state index is 0.0138. The third kappa shape index (κ3) is 6.37. The fraction of sp³-hybridized carbons (Fsp3) is 0.526. The van der Waals surface area contributed by atoms with Crippen LogP contribution in [0.3, 0.4) is 0 Å². The first-order chi connectivity index (χ1) is 12.1. The highest BCUT2D eigenvalue weighted by atomic mass is 32.2. The molecular weight excluding hydrogens is 348 g/mol. The number of benzene rings is 1. The number of methoxy groups -OCH3 is 1. The summed E-state index contributed by atoms with van der Waals surface area (Å²) in [5.74, 6) is 1.73. The molecular formula is C19H28N4O2S. The fourth-order valence-electron chi connectivity index (χ4n) is 3.10. The minimum atomic E-state index is -0.247. The zero-order valence-corrected chi connectivity index (χ0v) is 17.2. The van der Waals surface area contributed by atoms with Crippen molar-refractivity contribution in [3.05, 3.63) is 24.3 Å². The van der Waals surface area contributed by atoms with Crippen molar-refractivity contribution in [2.75, 3.05) is 12.9 Å². The van der Waals surface area contributed by atoms with Gasteiger partial charge in [-0.3, -0.25) is 9.89 Å². The van der Waals surface area contributed by atoms with E-state index in [1.807, 2.05) is 24.3 Å². The molecule has 0 aliphatic heterocycles. The molecule has 0 bridgehead atoms. The van der Waals surface area contributed by atoms with Crippen LogP contribution in [0.25, 0.3) is 11.4 Å². The van der Waals surface area contributed by atoms with Gasteiger partial charge in [-0.2, -0.15) is 0 Å². The standard InChI is InChI=1S/C19H28N4O2S/c1-18(2,3)12-19(4,5)21-15(24)11-26-17-20-16(22-23-17)13-7-9-14(25-6)10-8-13/h7-10H,11-12H2,1-6H3,(H,21,24)(H,20,22,23). The maximum absolute atomic E-state index is 12.3. The number of carbonyl (C=O) groups is 1. The Morgan fingerprint density at radius 2 is 1.85 bits per heavy atom. The summed E-state index contributed by atoms with van der Waals surface area (Å²) in [6.45, 7) is 10.6. The largest absolute Gasteiger partial charge is 0.497 e. The van der Waals surface area contributed by atoms with Gasteiger partial charge in [0, 0.05) is 11.1 Å². The summed E-state index contributed by atoms with van der Waals surface area (Å²) in [5, 5.41) is 10.7. The third-order valence-electron chi connectivity index (χ3n) is 3.61. The van der Waals surface area contributed by atoms with E-state index >= 15 is 0 Å². The number of carbonyl (C=O) groups excluding carboxylic acids is 1. The molecule has 0 spiro atoms. The second kappa shape index (κ2) is 8.12. The van der Waals surface area contributed by atoms with E-state index in [9.17, 15) is 4.79 Å². The van der Waals surface area contributed by atoms with Crippen LogP contribution in [0.1, 0.15) is 41.0 Å². The van der Waals surface area contributed by atoms with Gasteiger partial charge in [-0.15, -0.1) is 5.10 Å². The number of rotatable bonds is 7. The van der Waals surface area contributed by atoms with Gasteiger partial charge in [0.15, 0.2) is 5.82 Å². The maximum Gasteiger partial charge on any atom is 0.230 e. The third-order valence-corrected chi connectivity index (χ3v) is 4.46. The van der Waals surface area contributed by atoms with Crippen LogP contribution in [0.4, 0.5) is 0 Å². The van der Waals surface area contributed by atoms with Crippen LogP contribution in [0.5, 0.6) is 5.75 Å². The van der Waals surface area contributed by atoms with E-state index in [-0.39, 0.29) is 22.6 Å². The van der Waals surface area contributed by atoms with Crippen LogP contribution >= 0.6 is 11.8 Å². The van der Waals surface area contributed by atoms with E-state index in [4.69, 9.17) is 4.74 Å². The van der Waals surface area contributed by atoms with Gasteiger partial charge in [0.2, 0.25) is 11.1 Å². The Bertz CT molecular complexity index is 733. The average molecular weight is 377 g/mol. The summed E-state index contributed by atoms with van der Waals surface area (Å²) in [6, 6.07) is 7.57. The fourth-order valence-corrected chi connectivity index (χ4v) is 3.70. The van der Waals surface area contributed by atoms with Gasteiger partial charge in [-0.1, -0.05) is 32.5 Å². The second-order valence-corrected chi connectivity index (χ2v) is 9.10. The lowest BCUT2D eigenvalue weighted by molar-refractivity contribution is -0.120. The number of ether oxygens (including phenoxy) is 1. The van der Waals surface area contributed by atoms with E-state index < -0.39 is 0 Å². The lowest BCUT2D eigenvalue weighted by Crippen LogP contribution is -2.46. The number of amides is 1. The second-order valence-electron chi connectivity index (χ2n) is 8.15. The van der Waals surface area contributed by atoms with Crippen molar-refractivity contribution in [2.45, 2.75) is 51.7 Å². The highest BCUT2D eigenvalue weighted by Crippen LogP contribution is 2.27. The summed E-state index contributed by atoms with van der Waals surface area (Å²) >= 11 is 1.32. The smallest absolute Gasteiger partial charge is 0.230 e. The first kappa shape index (κ1) is 20.3. The van der Waals surface area contributed by atoms with Crippen LogP contribution in [-0.2, 0) is 4.79 Å². The summed E-state index contributed by atoms with van der Waals surface area (Å²) < 4.78 is 5.15. The molecule has 142 valence electrons. The molecule has 6 nitrogen and oxygen atoms in total. The molecule has 1 aromatic heterocycles. The van der Waals surface area contributed by atoms with Gasteiger partial charge in [0.05, 0.1) is 12.9 Å². The van der Waals surface area contributed by atoms with Gasteiger partial charge in [0.1, 0.15) is 5.75 Å². The number of aromatic amines is 1. The Morgan fingerprint density at radius 3 is 2.42 bits per heavy atom. The molecule has 0 saturated carbocycles. The van der Waals surface area contributed by atoms with E-state index in [0.29, 0.717) is 11.0 Å². The van der Waals surface area contributed by atoms with Crippen molar-refractivity contribution in [3.8, 4) is 17.1 Å². The van der Waals surface area contributed by atoms with Gasteiger partial charge in [-0.25, -0.2) is 4.98 Å². The molecule has 1 heterocycles. The van der Waals surface area contributed by atoms with Gasteiger partial charge in [-0.05, 0) is 49.9 Å². The number of aromatic nitrogens is 3. The molecule has 0 saturated heterocycles. The molecule has 7 heteroatoms. The Kier molecular flexibility index (Phi) is 6.34. The number of H-pyrrole nitrogens is 1. The molecule has 0 aliphatic rings. The van der Waals surface area contributed by atoms with Crippen LogP contribution in [0.15, 0.2) is 29.4 Å². The van der Waals surface area contributed by atoms with Crippen molar-refractivity contribution < 1.29 is 9.53 Å². The van der Waals surface area contributed by atoms with Gasteiger partial charge >= 0.3 is 0 Å². The lowest BCUT2D eigenvalue weighted by Gasteiger charge is -2.33. The summed E-state index contributed by atoms with van der Waals surface area (Å²) in [5.41, 5.74) is 0.824. The first-order valence-electron chi connectivity index (χ1n) is 8.59. The predicted octanol–water partition coefficient (Wildman–Crippen LogP) is 3.90. The number of thioether (sulfide) groups is 1. The normalized spacial score (nSPS) is 12.1. The highest BCUT2D eigenvalue weighted by molar-refractivity contribution is 7.99. The van der Waals surface area contributed by atoms with E-state index in [0.717, 1.165) is 17.7 Å². The van der Waals surface area contributed by atoms with Gasteiger partial charge in [0.25, 0.3) is 0 Å². The van der Waals surface area contributed by atoms with Gasteiger partial charge < -0.3 is 10.1 Å². The molecule has 0 atom stereocenters. The quantitative estimate of drug-likeness (QED) is 0.716. The Balaban J connectivity index is 1.90. The molecule has 1 aromatic carbocycles. The van der Waals surface area contributed by atoms with Crippen molar-refractivity contribution >= 4 is 17.7 Å². The first-order valence-corrected chi connectivity index (χ1v) is 9.57.